The van der Waals surface area contributed by atoms with Crippen LogP contribution >= 0.6 is 11.6 Å². The summed E-state index contributed by atoms with van der Waals surface area (Å²) in [7, 11) is 0. The topological polar surface area (TPSA) is 118 Å². The molecular formula is C27H34ClN3O6. The number of aliphatic imine (C=N–C) groups is 1. The Morgan fingerprint density at radius 2 is 1.84 bits per heavy atom. The van der Waals surface area contributed by atoms with Crippen LogP contribution in [0, 0.1) is 0 Å². The summed E-state index contributed by atoms with van der Waals surface area (Å²) in [6.07, 6.45) is 0.654. The standard InChI is InChI=1S/C27H34ClN3O6/c1-26(2,3)37-23(33)13-14-27(25(34)31-29-17-19-5-9-21(28)10-6-19)18-36-24(30-27)20-7-11-22(12-8-20)35-16-4-15-32/h5-12,29,32H,4,13-18H2,1-3H3,(H,31,34)/t27-/m0/s1. The largest absolute Gasteiger partial charge is 0.494 e. The van der Waals surface area contributed by atoms with Crippen molar-refractivity contribution in [1.82, 2.24) is 10.9 Å². The Morgan fingerprint density at radius 3 is 2.49 bits per heavy atom. The zero-order valence-corrected chi connectivity index (χ0v) is 22.1. The third-order valence-electron chi connectivity index (χ3n) is 5.43. The number of amides is 1. The number of hydrogen-bond acceptors (Lipinski definition) is 8. The van der Waals surface area contributed by atoms with Crippen molar-refractivity contribution in [3.8, 4) is 5.75 Å². The summed E-state index contributed by atoms with van der Waals surface area (Å²) in [6, 6.07) is 14.4. The number of aliphatic hydroxyl groups excluding tert-OH is 1. The van der Waals surface area contributed by atoms with E-state index in [2.05, 4.69) is 15.8 Å². The van der Waals surface area contributed by atoms with Crippen LogP contribution in [-0.2, 0) is 25.6 Å². The van der Waals surface area contributed by atoms with Crippen LogP contribution in [0.15, 0.2) is 53.5 Å². The molecule has 1 atom stereocenters. The van der Waals surface area contributed by atoms with Gasteiger partial charge in [-0.25, -0.2) is 10.4 Å². The van der Waals surface area contributed by atoms with Gasteiger partial charge < -0.3 is 19.3 Å². The minimum absolute atomic E-state index is 0.000348. The monoisotopic (exact) mass is 531 g/mol. The Kier molecular flexibility index (Phi) is 9.91. The van der Waals surface area contributed by atoms with Crippen molar-refractivity contribution in [3.63, 3.8) is 0 Å². The molecule has 0 aliphatic carbocycles. The highest BCUT2D eigenvalue weighted by molar-refractivity contribution is 6.30. The van der Waals surface area contributed by atoms with Gasteiger partial charge >= 0.3 is 5.97 Å². The smallest absolute Gasteiger partial charge is 0.306 e. The van der Waals surface area contributed by atoms with Gasteiger partial charge in [-0.1, -0.05) is 23.7 Å². The molecule has 1 aliphatic heterocycles. The van der Waals surface area contributed by atoms with Crippen LogP contribution < -0.4 is 15.6 Å². The quantitative estimate of drug-likeness (QED) is 0.218. The van der Waals surface area contributed by atoms with Crippen LogP contribution in [0.25, 0.3) is 0 Å². The predicted octanol–water partition coefficient (Wildman–Crippen LogP) is 3.56. The number of aliphatic hydroxyl groups is 1. The molecule has 2 aromatic carbocycles. The first-order valence-corrected chi connectivity index (χ1v) is 12.5. The molecule has 0 radical (unpaired) electrons. The molecule has 0 saturated carbocycles. The van der Waals surface area contributed by atoms with E-state index < -0.39 is 23.0 Å². The third-order valence-corrected chi connectivity index (χ3v) is 5.68. The lowest BCUT2D eigenvalue weighted by Gasteiger charge is -2.24. The molecule has 1 amide bonds. The second-order valence-corrected chi connectivity index (χ2v) is 10.1. The summed E-state index contributed by atoms with van der Waals surface area (Å²) in [6.45, 7) is 6.20. The molecule has 0 fully saturated rings. The summed E-state index contributed by atoms with van der Waals surface area (Å²) in [5.74, 6) is 0.126. The van der Waals surface area contributed by atoms with E-state index >= 15 is 0 Å². The van der Waals surface area contributed by atoms with E-state index in [9.17, 15) is 9.59 Å². The number of halogens is 1. The SMILES string of the molecule is CC(C)(C)OC(=O)CC[C@@]1(C(=O)NNCc2ccc(Cl)cc2)COC(c2ccc(OCCCO)cc2)=N1. The number of rotatable bonds is 12. The van der Waals surface area contributed by atoms with Gasteiger partial charge in [0, 0.05) is 36.6 Å². The van der Waals surface area contributed by atoms with Crippen molar-refractivity contribution in [2.24, 2.45) is 4.99 Å². The number of esters is 1. The minimum Gasteiger partial charge on any atom is -0.494 e. The molecule has 10 heteroatoms. The maximum atomic E-state index is 13.3. The Hall–Kier alpha value is -3.14. The number of nitrogens with zero attached hydrogens (tertiary/aromatic N) is 1. The number of carbonyl (C=O) groups is 2. The first-order chi connectivity index (χ1) is 17.6. The molecule has 1 heterocycles. The van der Waals surface area contributed by atoms with E-state index in [1.165, 1.54) is 0 Å². The average Bonchev–Trinajstić information content (AvgIpc) is 3.29. The zero-order valence-electron chi connectivity index (χ0n) is 21.4. The molecule has 1 aliphatic rings. The number of ether oxygens (including phenoxy) is 3. The lowest BCUT2D eigenvalue weighted by atomic mass is 9.94. The molecule has 0 spiro atoms. The van der Waals surface area contributed by atoms with E-state index in [-0.39, 0.29) is 26.1 Å². The summed E-state index contributed by atoms with van der Waals surface area (Å²) >= 11 is 5.93. The van der Waals surface area contributed by atoms with Crippen molar-refractivity contribution in [1.29, 1.82) is 0 Å². The van der Waals surface area contributed by atoms with Crippen LogP contribution in [0.2, 0.25) is 5.02 Å². The molecule has 0 saturated heterocycles. The molecule has 3 rings (SSSR count). The van der Waals surface area contributed by atoms with Gasteiger partial charge in [0.25, 0.3) is 5.91 Å². The van der Waals surface area contributed by atoms with Crippen molar-refractivity contribution >= 4 is 29.4 Å². The summed E-state index contributed by atoms with van der Waals surface area (Å²) in [5.41, 5.74) is 5.29. The van der Waals surface area contributed by atoms with Crippen LogP contribution in [0.5, 0.6) is 5.75 Å². The summed E-state index contributed by atoms with van der Waals surface area (Å²) in [4.78, 5) is 30.4. The molecule has 9 nitrogen and oxygen atoms in total. The lowest BCUT2D eigenvalue weighted by molar-refractivity contribution is -0.155. The fourth-order valence-corrected chi connectivity index (χ4v) is 3.67. The Balaban J connectivity index is 1.72. The van der Waals surface area contributed by atoms with Crippen molar-refractivity contribution < 1.29 is 28.9 Å². The Labute approximate surface area is 222 Å². The Morgan fingerprint density at radius 1 is 1.14 bits per heavy atom. The van der Waals surface area contributed by atoms with Crippen molar-refractivity contribution in [3.05, 3.63) is 64.7 Å². The predicted molar refractivity (Wildman–Crippen MR) is 140 cm³/mol. The van der Waals surface area contributed by atoms with Gasteiger partial charge in [-0.05, 0) is 69.2 Å². The van der Waals surface area contributed by atoms with Gasteiger partial charge in [0.1, 0.15) is 18.0 Å². The highest BCUT2D eigenvalue weighted by Crippen LogP contribution is 2.28. The average molecular weight is 532 g/mol. The van der Waals surface area contributed by atoms with Crippen LogP contribution in [0.4, 0.5) is 0 Å². The highest BCUT2D eigenvalue weighted by atomic mass is 35.5. The number of carbonyl (C=O) groups excluding carboxylic acids is 2. The van der Waals surface area contributed by atoms with Gasteiger partial charge in [-0.15, -0.1) is 0 Å². The molecule has 2 aromatic rings. The van der Waals surface area contributed by atoms with Gasteiger partial charge in [0.15, 0.2) is 5.54 Å². The van der Waals surface area contributed by atoms with Gasteiger partial charge in [0.2, 0.25) is 5.90 Å². The second-order valence-electron chi connectivity index (χ2n) is 9.71. The Bertz CT molecular complexity index is 1080. The van der Waals surface area contributed by atoms with Crippen molar-refractivity contribution in [2.75, 3.05) is 19.8 Å². The third kappa shape index (κ3) is 8.73. The van der Waals surface area contributed by atoms with Gasteiger partial charge in [0.05, 0.1) is 6.61 Å². The second kappa shape index (κ2) is 12.9. The van der Waals surface area contributed by atoms with E-state index in [1.54, 1.807) is 57.2 Å². The van der Waals surface area contributed by atoms with E-state index in [4.69, 9.17) is 30.9 Å². The van der Waals surface area contributed by atoms with E-state index in [0.29, 0.717) is 41.8 Å². The zero-order chi connectivity index (χ0) is 26.9. The molecule has 0 unspecified atom stereocenters. The molecular weight excluding hydrogens is 498 g/mol. The fraction of sp³-hybridized carbons (Fsp3) is 0.444. The molecule has 3 N–H and O–H groups in total. The van der Waals surface area contributed by atoms with E-state index in [0.717, 1.165) is 5.56 Å². The molecule has 0 aromatic heterocycles. The summed E-state index contributed by atoms with van der Waals surface area (Å²) < 4.78 is 16.8. The maximum Gasteiger partial charge on any atom is 0.306 e. The highest BCUT2D eigenvalue weighted by Gasteiger charge is 2.45. The minimum atomic E-state index is -1.31. The van der Waals surface area contributed by atoms with Crippen molar-refractivity contribution in [2.45, 2.75) is 57.7 Å². The number of benzene rings is 2. The molecule has 200 valence electrons. The van der Waals surface area contributed by atoms with E-state index in [1.807, 2.05) is 12.1 Å². The summed E-state index contributed by atoms with van der Waals surface area (Å²) in [5, 5.41) is 9.53. The van der Waals surface area contributed by atoms with Gasteiger partial charge in [-0.3, -0.25) is 15.0 Å². The normalized spacial score (nSPS) is 17.1. The van der Waals surface area contributed by atoms with Gasteiger partial charge in [-0.2, -0.15) is 0 Å². The molecule has 37 heavy (non-hydrogen) atoms. The lowest BCUT2D eigenvalue weighted by Crippen LogP contribution is -2.51. The number of hydrazine groups is 1. The van der Waals surface area contributed by atoms with Crippen LogP contribution in [-0.4, -0.2) is 53.8 Å². The first kappa shape index (κ1) is 28.4. The van der Waals surface area contributed by atoms with Crippen LogP contribution in [0.3, 0.4) is 0 Å². The van der Waals surface area contributed by atoms with Crippen LogP contribution in [0.1, 0.15) is 51.2 Å². The first-order valence-electron chi connectivity index (χ1n) is 12.2. The molecule has 0 bridgehead atoms. The number of hydrogen-bond donors (Lipinski definition) is 3. The number of nitrogens with one attached hydrogen (secondary N) is 2. The fourth-order valence-electron chi connectivity index (χ4n) is 3.55. The maximum absolute atomic E-state index is 13.3.